The predicted octanol–water partition coefficient (Wildman–Crippen LogP) is 11.9. The number of rotatable bonds is 13. The van der Waals surface area contributed by atoms with Gasteiger partial charge in [-0.1, -0.05) is 197 Å². The van der Waals surface area contributed by atoms with E-state index >= 15 is 0 Å². The number of halogens is 1. The van der Waals surface area contributed by atoms with Gasteiger partial charge in [0.1, 0.15) is 11.4 Å². The number of benzene rings is 8. The summed E-state index contributed by atoms with van der Waals surface area (Å²) in [7, 11) is 0. The largest absolute Gasteiger partial charge is 1.00 e. The minimum atomic E-state index is -0.904. The fourth-order valence-electron chi connectivity index (χ4n) is 8.61. The van der Waals surface area contributed by atoms with E-state index < -0.39 is 11.9 Å². The van der Waals surface area contributed by atoms with Gasteiger partial charge in [-0.15, -0.1) is 11.8 Å². The Hall–Kier alpha value is -6.93. The second-order valence-corrected chi connectivity index (χ2v) is 21.0. The normalized spacial score (nSPS) is 11.0. The Morgan fingerprint density at radius 3 is 1.36 bits per heavy atom. The zero-order chi connectivity index (χ0) is 56.6. The van der Waals surface area contributed by atoms with E-state index in [1.165, 1.54) is 45.5 Å². The molecule has 19 heteroatoms. The fourth-order valence-corrected chi connectivity index (χ4v) is 10.1. The molecular weight excluding hydrogens is 1180 g/mol. The van der Waals surface area contributed by atoms with E-state index in [1.54, 1.807) is 30.0 Å². The average Bonchev–Trinajstić information content (AvgIpc) is 4.48. The maximum Gasteiger partial charge on any atom is 1.00 e. The molecule has 8 aromatic carbocycles. The summed E-state index contributed by atoms with van der Waals surface area (Å²) in [6.45, 7) is 2.61. The molecule has 13 rings (SSSR count). The number of aromatic nitrogens is 4. The molecule has 0 unspecified atom stereocenters. The van der Waals surface area contributed by atoms with Crippen molar-refractivity contribution in [2.45, 2.75) is 77.3 Å². The minimum Gasteiger partial charge on any atom is -1.00 e. The van der Waals surface area contributed by atoms with Gasteiger partial charge in [0.15, 0.2) is 39.7 Å². The Kier molecular flexibility index (Phi) is 31.1. The van der Waals surface area contributed by atoms with Crippen molar-refractivity contribution in [2.75, 3.05) is 19.8 Å². The smallest absolute Gasteiger partial charge is 1.00 e. The quantitative estimate of drug-likeness (QED) is 0.0555. The number of aryl methyl sites for hydroxylation is 1. The Morgan fingerprint density at radius 1 is 0.553 bits per heavy atom. The van der Waals surface area contributed by atoms with Crippen molar-refractivity contribution in [3.63, 3.8) is 0 Å². The summed E-state index contributed by atoms with van der Waals surface area (Å²) >= 11 is 10.8. The van der Waals surface area contributed by atoms with Gasteiger partial charge in [0.2, 0.25) is 5.91 Å². The number of aliphatic carboxylic acids is 1. The van der Waals surface area contributed by atoms with Crippen LogP contribution in [0.15, 0.2) is 200 Å². The number of alkyl halides is 1. The zero-order valence-corrected chi connectivity index (χ0v) is 48.7. The van der Waals surface area contributed by atoms with Crippen LogP contribution in [0.1, 0.15) is 75.9 Å². The SMILES string of the molecule is BrCc1ccc2ccccc2c1.C.C.C1CCOC1.NC(=O)Cc1noc2ccccc12.NCCc1noc2ccccc12.O=C(O)Cc1noc2ccccc12.S=C(CCCc1noc2ccccc12)SCc1ccc2ccccc2c1.[AlH3].[H-].[Li+]. The molecule has 0 radical (unpaired) electrons. The number of fused-ring (bicyclic) bond motifs is 6. The number of hydrogen-bond acceptors (Lipinski definition) is 14. The number of amides is 1. The van der Waals surface area contributed by atoms with Gasteiger partial charge in [-0.05, 0) is 120 Å². The summed E-state index contributed by atoms with van der Waals surface area (Å²) < 4.78 is 26.4. The Labute approximate surface area is 537 Å². The second-order valence-electron chi connectivity index (χ2n) is 18.6. The topological polar surface area (TPSA) is 220 Å². The number of ether oxygens (including phenoxy) is 1. The van der Waals surface area contributed by atoms with Crippen molar-refractivity contribution in [3.8, 4) is 0 Å². The van der Waals surface area contributed by atoms with E-state index in [0.29, 0.717) is 29.1 Å². The molecule has 0 atom stereocenters. The van der Waals surface area contributed by atoms with Crippen molar-refractivity contribution in [1.29, 1.82) is 0 Å². The van der Waals surface area contributed by atoms with Crippen LogP contribution in [-0.4, -0.2) is 78.9 Å². The molecule has 5 N–H and O–H groups in total. The number of carbonyl (C=O) groups excluding carboxylic acids is 1. The van der Waals surface area contributed by atoms with Gasteiger partial charge in [-0.2, -0.15) is 0 Å². The first-order valence-electron chi connectivity index (χ1n) is 26.4. The first-order valence-corrected chi connectivity index (χ1v) is 28.9. The van der Waals surface area contributed by atoms with E-state index in [-0.39, 0.29) is 65.3 Å². The number of thioether (sulfide) groups is 1. The summed E-state index contributed by atoms with van der Waals surface area (Å²) in [4.78, 5) is 21.1. The molecule has 0 aliphatic carbocycles. The van der Waals surface area contributed by atoms with Gasteiger partial charge in [0, 0.05) is 56.5 Å². The second kappa shape index (κ2) is 37.5. The number of thiocarbonyl (C=S) groups is 1. The molecule has 1 fully saturated rings. The molecule has 1 amide bonds. The molecule has 85 heavy (non-hydrogen) atoms. The molecule has 12 aromatic rings. The third-order valence-corrected chi connectivity index (χ3v) is 14.9. The number of carboxylic acid groups (broad SMARTS) is 1. The molecule has 14 nitrogen and oxygen atoms in total. The summed E-state index contributed by atoms with van der Waals surface area (Å²) in [5.74, 6) is -0.380. The van der Waals surface area contributed by atoms with E-state index in [0.717, 1.165) is 98.3 Å². The van der Waals surface area contributed by atoms with Crippen LogP contribution >= 0.6 is 39.9 Å². The third kappa shape index (κ3) is 21.5. The average molecular weight is 1260 g/mol. The van der Waals surface area contributed by atoms with E-state index in [4.69, 9.17) is 51.6 Å². The van der Waals surface area contributed by atoms with Crippen molar-refractivity contribution >= 4 is 139 Å². The maximum absolute atomic E-state index is 10.7. The first kappa shape index (κ1) is 70.6. The Bertz CT molecular complexity index is 3880. The summed E-state index contributed by atoms with van der Waals surface area (Å²) in [5, 5.41) is 34.0. The number of nitrogens with zero attached hydrogens (tertiary/aromatic N) is 4. The van der Waals surface area contributed by atoms with Gasteiger partial charge >= 0.3 is 24.8 Å². The molecule has 1 aliphatic rings. The van der Waals surface area contributed by atoms with Gasteiger partial charge in [-0.3, -0.25) is 9.59 Å². The van der Waals surface area contributed by atoms with Crippen LogP contribution in [0.2, 0.25) is 0 Å². The summed E-state index contributed by atoms with van der Waals surface area (Å²) in [6, 6.07) is 60.4. The summed E-state index contributed by atoms with van der Waals surface area (Å²) in [5.41, 5.74) is 19.2. The van der Waals surface area contributed by atoms with Crippen molar-refractivity contribution < 1.29 is 57.8 Å². The fraction of sp³-hybridized carbons (Fsp3) is 0.227. The van der Waals surface area contributed by atoms with Crippen LogP contribution in [0.3, 0.4) is 0 Å². The Balaban J connectivity index is 0.000000282. The molecule has 438 valence electrons. The van der Waals surface area contributed by atoms with Crippen LogP contribution in [-0.2, 0) is 51.1 Å². The molecular formula is C66H73AlBrLiN6O8S2. The van der Waals surface area contributed by atoms with Crippen molar-refractivity contribution in [1.82, 2.24) is 20.6 Å². The predicted molar refractivity (Wildman–Crippen MR) is 355 cm³/mol. The molecule has 1 aliphatic heterocycles. The van der Waals surface area contributed by atoms with Gasteiger partial charge in [0.25, 0.3) is 0 Å². The van der Waals surface area contributed by atoms with E-state index in [9.17, 15) is 9.59 Å². The van der Waals surface area contributed by atoms with Gasteiger partial charge in [-0.25, -0.2) is 0 Å². The molecule has 0 spiro atoms. The summed E-state index contributed by atoms with van der Waals surface area (Å²) in [6.07, 6.45) is 6.17. The van der Waals surface area contributed by atoms with Crippen LogP contribution < -0.4 is 30.3 Å². The van der Waals surface area contributed by atoms with Gasteiger partial charge in [0.05, 0.1) is 24.2 Å². The molecule has 5 heterocycles. The van der Waals surface area contributed by atoms with Crippen LogP contribution in [0.5, 0.6) is 0 Å². The van der Waals surface area contributed by atoms with Crippen LogP contribution in [0.25, 0.3) is 65.4 Å². The van der Waals surface area contributed by atoms with Crippen LogP contribution in [0, 0.1) is 0 Å². The first-order chi connectivity index (χ1) is 39.6. The van der Waals surface area contributed by atoms with Crippen molar-refractivity contribution in [2.24, 2.45) is 11.5 Å². The van der Waals surface area contributed by atoms with E-state index in [1.807, 2.05) is 72.8 Å². The van der Waals surface area contributed by atoms with Crippen molar-refractivity contribution in [3.05, 3.63) is 216 Å². The number of carbonyl (C=O) groups is 2. The number of hydrogen-bond donors (Lipinski definition) is 3. The number of carboxylic acids is 1. The standard InChI is InChI=1S/C22H19NOS2.C11H9Br.C9H8N2O2.C9H10N2O.C9H7NO3.C4H8O.2CH4.Al.Li.4H/c25-22(11-5-9-20-19-8-3-4-10-21(19)24-23-20)26-15-16-12-13-17-6-1-2-7-18(17)14-16;12-8-9-5-6-10-3-1-2-4-11(10)7-9;10-9(12)5-7-6-3-1-2-4-8(6)13-11-7;10-6-5-8-7-3-1-2-4-9(7)12-11-8;11-9(12)5-7-6-3-1-2-4-8(6)13-10-7;1-2-4-5-3-1;;;;;;;;/h1-4,6-8,10,12-14H,5,9,11,15H2;1-7H,8H2;1-4H,5H2,(H2,10,12);1-4H,5-6,10H2;1-4H,5H2,(H,11,12);1-4H2;2*1H4;;;;;;/q;;;;;;;;;+1;;;;-1. The Morgan fingerprint density at radius 2 is 0.941 bits per heavy atom. The van der Waals surface area contributed by atoms with E-state index in [2.05, 4.69) is 128 Å². The molecule has 4 aromatic heterocycles. The molecule has 1 saturated heterocycles. The molecule has 0 bridgehead atoms. The maximum atomic E-state index is 10.7. The van der Waals surface area contributed by atoms with Gasteiger partial charge < -0.3 is 40.8 Å². The zero-order valence-electron chi connectivity index (χ0n) is 46.5. The number of primary amides is 1. The monoisotopic (exact) mass is 1250 g/mol. The van der Waals surface area contributed by atoms with Crippen LogP contribution in [0.4, 0.5) is 0 Å². The third-order valence-electron chi connectivity index (χ3n) is 12.7. The minimum absolute atomic E-state index is 0. The number of nitrogens with two attached hydrogens (primary N) is 2. The number of para-hydroxylation sites is 4. The molecule has 0 saturated carbocycles.